The Hall–Kier alpha value is -3.32. The van der Waals surface area contributed by atoms with Crippen molar-refractivity contribution in [3.63, 3.8) is 0 Å². The number of benzene rings is 3. The number of amides is 1. The molecule has 3 aromatic rings. The van der Waals surface area contributed by atoms with Crippen LogP contribution in [0, 0.1) is 0 Å². The van der Waals surface area contributed by atoms with Crippen LogP contribution in [0.15, 0.2) is 71.2 Å². The Bertz CT molecular complexity index is 1030. The molecule has 0 bridgehead atoms. The molecule has 0 radical (unpaired) electrons. The maximum absolute atomic E-state index is 12.5. The molecular weight excluding hydrogens is 450 g/mol. The van der Waals surface area contributed by atoms with E-state index in [1.807, 2.05) is 24.3 Å². The molecule has 0 aliphatic heterocycles. The van der Waals surface area contributed by atoms with Gasteiger partial charge in [-0.3, -0.25) is 4.79 Å². The first-order chi connectivity index (χ1) is 14.5. The molecule has 0 aliphatic carbocycles. The molecule has 0 saturated carbocycles. The Kier molecular flexibility index (Phi) is 7.08. The summed E-state index contributed by atoms with van der Waals surface area (Å²) in [7, 11) is 1.63. The van der Waals surface area contributed by atoms with Gasteiger partial charge in [-0.05, 0) is 60.2 Å². The van der Waals surface area contributed by atoms with Crippen LogP contribution in [0.4, 0.5) is 5.69 Å². The molecule has 2 N–H and O–H groups in total. The molecular formula is C23H20BrNO5. The van der Waals surface area contributed by atoms with Gasteiger partial charge in [-0.15, -0.1) is 0 Å². The number of hydrogen-bond donors (Lipinski definition) is 2. The highest BCUT2D eigenvalue weighted by atomic mass is 79.9. The first kappa shape index (κ1) is 21.4. The smallest absolute Gasteiger partial charge is 0.337 e. The zero-order chi connectivity index (χ0) is 21.5. The van der Waals surface area contributed by atoms with E-state index in [-0.39, 0.29) is 11.3 Å². The minimum atomic E-state index is -1.12. The molecule has 154 valence electrons. The van der Waals surface area contributed by atoms with Crippen LogP contribution in [0.3, 0.4) is 0 Å². The second kappa shape index (κ2) is 9.93. The number of carbonyl (C=O) groups is 2. The van der Waals surface area contributed by atoms with Gasteiger partial charge in [-0.25, -0.2) is 4.79 Å². The highest BCUT2D eigenvalue weighted by Gasteiger charge is 2.14. The van der Waals surface area contributed by atoms with Crippen molar-refractivity contribution < 1.29 is 24.2 Å². The third-order valence-electron chi connectivity index (χ3n) is 4.40. The lowest BCUT2D eigenvalue weighted by Crippen LogP contribution is -2.14. The van der Waals surface area contributed by atoms with Gasteiger partial charge in [-0.2, -0.15) is 0 Å². The van der Waals surface area contributed by atoms with Crippen molar-refractivity contribution in [2.75, 3.05) is 19.0 Å². The third kappa shape index (κ3) is 5.61. The molecule has 0 saturated heterocycles. The third-order valence-corrected chi connectivity index (χ3v) is 4.89. The van der Waals surface area contributed by atoms with Gasteiger partial charge in [0.25, 0.3) is 5.91 Å². The van der Waals surface area contributed by atoms with Gasteiger partial charge in [0.15, 0.2) is 0 Å². The van der Waals surface area contributed by atoms with Crippen molar-refractivity contribution in [3.8, 4) is 11.5 Å². The lowest BCUT2D eigenvalue weighted by molar-refractivity contribution is 0.0698. The van der Waals surface area contributed by atoms with Crippen LogP contribution in [-0.4, -0.2) is 30.7 Å². The number of carbonyl (C=O) groups excluding carboxylic acids is 1. The SMILES string of the molecule is COc1ccc(CCOc2ccc(C(=O)Nc3ccc(Br)cc3C(=O)O)cc2)cc1. The molecule has 6 nitrogen and oxygen atoms in total. The first-order valence-electron chi connectivity index (χ1n) is 9.16. The normalized spacial score (nSPS) is 10.3. The van der Waals surface area contributed by atoms with Crippen molar-refractivity contribution in [2.24, 2.45) is 0 Å². The number of hydrogen-bond acceptors (Lipinski definition) is 4. The number of carboxylic acid groups (broad SMARTS) is 1. The van der Waals surface area contributed by atoms with E-state index in [1.54, 1.807) is 43.5 Å². The summed E-state index contributed by atoms with van der Waals surface area (Å²) in [6.07, 6.45) is 0.744. The molecule has 0 atom stereocenters. The fourth-order valence-electron chi connectivity index (χ4n) is 2.78. The fourth-order valence-corrected chi connectivity index (χ4v) is 3.14. The van der Waals surface area contributed by atoms with E-state index in [9.17, 15) is 14.7 Å². The molecule has 0 aliphatic rings. The van der Waals surface area contributed by atoms with E-state index in [1.165, 1.54) is 6.07 Å². The largest absolute Gasteiger partial charge is 0.497 e. The van der Waals surface area contributed by atoms with Gasteiger partial charge in [-0.1, -0.05) is 28.1 Å². The van der Waals surface area contributed by atoms with Gasteiger partial charge in [0, 0.05) is 16.5 Å². The van der Waals surface area contributed by atoms with Crippen LogP contribution in [-0.2, 0) is 6.42 Å². The summed E-state index contributed by atoms with van der Waals surface area (Å²) in [5.74, 6) is -0.0566. The van der Waals surface area contributed by atoms with Crippen LogP contribution in [0.1, 0.15) is 26.3 Å². The number of aromatic carboxylic acids is 1. The molecule has 1 amide bonds. The van der Waals surface area contributed by atoms with Crippen molar-refractivity contribution in [1.82, 2.24) is 0 Å². The molecule has 0 fully saturated rings. The molecule has 0 unspecified atom stereocenters. The average Bonchev–Trinajstić information content (AvgIpc) is 2.75. The number of halogens is 1. The Labute approximate surface area is 182 Å². The Morgan fingerprint density at radius 2 is 1.63 bits per heavy atom. The summed E-state index contributed by atoms with van der Waals surface area (Å²) >= 11 is 3.23. The number of ether oxygens (including phenoxy) is 2. The summed E-state index contributed by atoms with van der Waals surface area (Å²) in [4.78, 5) is 23.8. The predicted octanol–water partition coefficient (Wildman–Crippen LogP) is 5.03. The highest BCUT2D eigenvalue weighted by molar-refractivity contribution is 9.10. The summed E-state index contributed by atoms with van der Waals surface area (Å²) in [6, 6.07) is 19.1. The van der Waals surface area contributed by atoms with E-state index in [2.05, 4.69) is 21.2 Å². The molecule has 3 aromatic carbocycles. The molecule has 0 heterocycles. The number of nitrogens with one attached hydrogen (secondary N) is 1. The van der Waals surface area contributed by atoms with Crippen LogP contribution >= 0.6 is 15.9 Å². The Morgan fingerprint density at radius 1 is 0.967 bits per heavy atom. The maximum Gasteiger partial charge on any atom is 0.337 e. The van der Waals surface area contributed by atoms with Crippen LogP contribution < -0.4 is 14.8 Å². The molecule has 7 heteroatoms. The summed E-state index contributed by atoms with van der Waals surface area (Å²) in [5, 5.41) is 11.9. The van der Waals surface area contributed by atoms with Crippen molar-refractivity contribution in [1.29, 1.82) is 0 Å². The second-order valence-corrected chi connectivity index (χ2v) is 7.34. The van der Waals surface area contributed by atoms with Gasteiger partial charge in [0.1, 0.15) is 11.5 Å². The van der Waals surface area contributed by atoms with E-state index < -0.39 is 11.9 Å². The van der Waals surface area contributed by atoms with Gasteiger partial charge in [0.2, 0.25) is 0 Å². The molecule has 0 spiro atoms. The molecule has 0 aromatic heterocycles. The minimum Gasteiger partial charge on any atom is -0.497 e. The lowest BCUT2D eigenvalue weighted by atomic mass is 10.1. The van der Waals surface area contributed by atoms with Crippen molar-refractivity contribution >= 4 is 33.5 Å². The fraction of sp³-hybridized carbons (Fsp3) is 0.130. The molecule has 30 heavy (non-hydrogen) atoms. The summed E-state index contributed by atoms with van der Waals surface area (Å²) in [5.41, 5.74) is 1.78. The summed E-state index contributed by atoms with van der Waals surface area (Å²) in [6.45, 7) is 0.499. The van der Waals surface area contributed by atoms with Crippen LogP contribution in [0.5, 0.6) is 11.5 Å². The second-order valence-electron chi connectivity index (χ2n) is 6.42. The topological polar surface area (TPSA) is 84.9 Å². The predicted molar refractivity (Wildman–Crippen MR) is 118 cm³/mol. The van der Waals surface area contributed by atoms with E-state index >= 15 is 0 Å². The number of rotatable bonds is 8. The van der Waals surface area contributed by atoms with E-state index in [0.717, 1.165) is 17.7 Å². The van der Waals surface area contributed by atoms with E-state index in [0.29, 0.717) is 22.4 Å². The monoisotopic (exact) mass is 469 g/mol. The summed E-state index contributed by atoms with van der Waals surface area (Å²) < 4.78 is 11.5. The molecule has 3 rings (SSSR count). The van der Waals surface area contributed by atoms with Gasteiger partial charge in [0.05, 0.1) is 25.0 Å². The quantitative estimate of drug-likeness (QED) is 0.483. The van der Waals surface area contributed by atoms with Gasteiger partial charge >= 0.3 is 5.97 Å². The van der Waals surface area contributed by atoms with E-state index in [4.69, 9.17) is 9.47 Å². The standard InChI is InChI=1S/C23H20BrNO5/c1-29-18-7-2-15(3-8-18)12-13-30-19-9-4-16(5-10-19)22(26)25-21-11-6-17(24)14-20(21)23(27)28/h2-11,14H,12-13H2,1H3,(H,25,26)(H,27,28). The minimum absolute atomic E-state index is 0.0104. The van der Waals surface area contributed by atoms with Gasteiger partial charge < -0.3 is 19.9 Å². The van der Waals surface area contributed by atoms with Crippen LogP contribution in [0.25, 0.3) is 0 Å². The number of methoxy groups -OCH3 is 1. The first-order valence-corrected chi connectivity index (χ1v) is 9.95. The zero-order valence-electron chi connectivity index (χ0n) is 16.2. The number of anilines is 1. The zero-order valence-corrected chi connectivity index (χ0v) is 17.8. The Balaban J connectivity index is 1.57. The number of carboxylic acids is 1. The highest BCUT2D eigenvalue weighted by Crippen LogP contribution is 2.22. The van der Waals surface area contributed by atoms with Crippen molar-refractivity contribution in [3.05, 3.63) is 87.9 Å². The average molecular weight is 470 g/mol. The lowest BCUT2D eigenvalue weighted by Gasteiger charge is -2.10. The Morgan fingerprint density at radius 3 is 2.27 bits per heavy atom. The maximum atomic E-state index is 12.5. The van der Waals surface area contributed by atoms with Crippen LogP contribution in [0.2, 0.25) is 0 Å². The van der Waals surface area contributed by atoms with Crippen molar-refractivity contribution in [2.45, 2.75) is 6.42 Å².